The lowest BCUT2D eigenvalue weighted by molar-refractivity contribution is 0.101. The second-order valence-corrected chi connectivity index (χ2v) is 5.09. The summed E-state index contributed by atoms with van der Waals surface area (Å²) >= 11 is 0. The number of carbonyl (C=O) groups is 1. The Balaban J connectivity index is 2.13. The number of nitrogens with one attached hydrogen (secondary N) is 2. The molecule has 0 aromatic carbocycles. The van der Waals surface area contributed by atoms with E-state index in [2.05, 4.69) is 20.7 Å². The fraction of sp³-hybridized carbons (Fsp3) is 0.333. The van der Waals surface area contributed by atoms with Crippen LogP contribution in [0.3, 0.4) is 0 Å². The lowest BCUT2D eigenvalue weighted by Gasteiger charge is -2.12. The molecule has 0 aliphatic rings. The normalized spacial score (nSPS) is 11.3. The minimum Gasteiger partial charge on any atom is -0.338 e. The van der Waals surface area contributed by atoms with Gasteiger partial charge in [-0.3, -0.25) is 14.9 Å². The van der Waals surface area contributed by atoms with E-state index in [0.29, 0.717) is 0 Å². The predicted octanol–water partition coefficient (Wildman–Crippen LogP) is 1.31. The summed E-state index contributed by atoms with van der Waals surface area (Å²) in [6.07, 6.45) is 0. The molecular formula is C12H14N4O3. The summed E-state index contributed by atoms with van der Waals surface area (Å²) < 4.78 is 5.03. The van der Waals surface area contributed by atoms with Crippen LogP contribution in [0, 0.1) is 0 Å². The number of hydrogen-bond acceptors (Lipinski definition) is 5. The van der Waals surface area contributed by atoms with Crippen LogP contribution < -0.4 is 10.9 Å². The minimum absolute atomic E-state index is 0.0910. The Hall–Kier alpha value is -2.44. The summed E-state index contributed by atoms with van der Waals surface area (Å²) in [5.74, 6) is -0.240. The van der Waals surface area contributed by atoms with Gasteiger partial charge in [0.15, 0.2) is 0 Å². The van der Waals surface area contributed by atoms with E-state index in [-0.39, 0.29) is 22.6 Å². The second-order valence-electron chi connectivity index (χ2n) is 5.09. The van der Waals surface area contributed by atoms with E-state index < -0.39 is 5.91 Å². The van der Waals surface area contributed by atoms with E-state index in [1.807, 2.05) is 20.8 Å². The Kier molecular flexibility index (Phi) is 3.20. The molecule has 0 aliphatic carbocycles. The van der Waals surface area contributed by atoms with Crippen molar-refractivity contribution in [1.29, 1.82) is 0 Å². The van der Waals surface area contributed by atoms with E-state index in [9.17, 15) is 9.59 Å². The van der Waals surface area contributed by atoms with Crippen LogP contribution in [0.1, 0.15) is 37.0 Å². The van der Waals surface area contributed by atoms with Crippen molar-refractivity contribution in [3.63, 3.8) is 0 Å². The number of aromatic nitrogens is 3. The maximum absolute atomic E-state index is 11.8. The first-order chi connectivity index (χ1) is 8.86. The highest BCUT2D eigenvalue weighted by Gasteiger charge is 2.20. The molecule has 0 bridgehead atoms. The molecular weight excluding hydrogens is 248 g/mol. The third-order valence-electron chi connectivity index (χ3n) is 2.43. The smallest absolute Gasteiger partial charge is 0.278 e. The quantitative estimate of drug-likeness (QED) is 0.849. The van der Waals surface area contributed by atoms with Crippen molar-refractivity contribution < 1.29 is 9.32 Å². The first-order valence-electron chi connectivity index (χ1n) is 5.70. The lowest BCUT2D eigenvalue weighted by atomic mass is 9.92. The third kappa shape index (κ3) is 3.06. The van der Waals surface area contributed by atoms with Crippen molar-refractivity contribution in [2.45, 2.75) is 26.2 Å². The number of nitrogens with zero attached hydrogens (tertiary/aromatic N) is 2. The first-order valence-corrected chi connectivity index (χ1v) is 5.70. The zero-order valence-electron chi connectivity index (χ0n) is 10.9. The average molecular weight is 262 g/mol. The fourth-order valence-electron chi connectivity index (χ4n) is 1.33. The summed E-state index contributed by atoms with van der Waals surface area (Å²) in [5, 5.41) is 12.2. The molecule has 19 heavy (non-hydrogen) atoms. The Bertz CT molecular complexity index is 631. The van der Waals surface area contributed by atoms with Crippen LogP contribution >= 0.6 is 0 Å². The van der Waals surface area contributed by atoms with Crippen molar-refractivity contribution >= 4 is 11.8 Å². The van der Waals surface area contributed by atoms with Gasteiger partial charge in [-0.25, -0.2) is 5.10 Å². The van der Waals surface area contributed by atoms with Crippen molar-refractivity contribution in [2.75, 3.05) is 5.32 Å². The number of hydrogen-bond donors (Lipinski definition) is 2. The molecule has 2 N–H and O–H groups in total. The molecule has 0 spiro atoms. The molecule has 0 saturated heterocycles. The van der Waals surface area contributed by atoms with Gasteiger partial charge in [-0.2, -0.15) is 5.10 Å². The highest BCUT2D eigenvalue weighted by atomic mass is 16.5. The molecule has 7 heteroatoms. The number of rotatable bonds is 2. The molecule has 7 nitrogen and oxygen atoms in total. The van der Waals surface area contributed by atoms with Gasteiger partial charge in [-0.05, 0) is 6.07 Å². The topological polar surface area (TPSA) is 101 Å². The molecule has 2 aromatic heterocycles. The molecule has 0 aliphatic heterocycles. The van der Waals surface area contributed by atoms with Gasteiger partial charge in [-0.15, -0.1) is 0 Å². The molecule has 100 valence electrons. The minimum atomic E-state index is -0.479. The van der Waals surface area contributed by atoms with Gasteiger partial charge in [0, 0.05) is 17.5 Å². The van der Waals surface area contributed by atoms with Crippen LogP contribution in [0.15, 0.2) is 27.5 Å². The standard InChI is InChI=1S/C12H14N4O3/c1-12(2,3)8-6-10(19-16-8)13-11(18)7-4-5-9(17)15-14-7/h4-6H,1-3H3,(H,13,18)(H,15,17). The maximum atomic E-state index is 11.8. The van der Waals surface area contributed by atoms with Crippen molar-refractivity contribution in [3.05, 3.63) is 39.9 Å². The lowest BCUT2D eigenvalue weighted by Crippen LogP contribution is -2.17. The van der Waals surface area contributed by atoms with Crippen LogP contribution in [0.25, 0.3) is 0 Å². The molecule has 2 aromatic rings. The third-order valence-corrected chi connectivity index (χ3v) is 2.43. The Labute approximate surface area is 109 Å². The van der Waals surface area contributed by atoms with Crippen LogP contribution in [0.5, 0.6) is 0 Å². The Morgan fingerprint density at radius 2 is 2.11 bits per heavy atom. The molecule has 0 radical (unpaired) electrons. The number of carbonyl (C=O) groups excluding carboxylic acids is 1. The molecule has 2 rings (SSSR count). The van der Waals surface area contributed by atoms with E-state index in [4.69, 9.17) is 4.52 Å². The summed E-state index contributed by atoms with van der Waals surface area (Å²) in [4.78, 5) is 22.6. The molecule has 0 unspecified atom stereocenters. The molecule has 1 amide bonds. The van der Waals surface area contributed by atoms with Crippen LogP contribution in [-0.4, -0.2) is 21.3 Å². The van der Waals surface area contributed by atoms with Gasteiger partial charge >= 0.3 is 0 Å². The Morgan fingerprint density at radius 1 is 1.37 bits per heavy atom. The van der Waals surface area contributed by atoms with Gasteiger partial charge in [-0.1, -0.05) is 25.9 Å². The van der Waals surface area contributed by atoms with Crippen molar-refractivity contribution in [1.82, 2.24) is 15.4 Å². The number of aromatic amines is 1. The van der Waals surface area contributed by atoms with E-state index in [1.54, 1.807) is 6.07 Å². The fourth-order valence-corrected chi connectivity index (χ4v) is 1.33. The van der Waals surface area contributed by atoms with Crippen molar-refractivity contribution in [3.8, 4) is 0 Å². The van der Waals surface area contributed by atoms with E-state index >= 15 is 0 Å². The Morgan fingerprint density at radius 3 is 2.63 bits per heavy atom. The van der Waals surface area contributed by atoms with Crippen molar-refractivity contribution in [2.24, 2.45) is 0 Å². The van der Waals surface area contributed by atoms with Gasteiger partial charge in [0.25, 0.3) is 11.5 Å². The van der Waals surface area contributed by atoms with Gasteiger partial charge in [0.05, 0.1) is 5.69 Å². The highest BCUT2D eigenvalue weighted by molar-refractivity contribution is 6.01. The summed E-state index contributed by atoms with van der Waals surface area (Å²) in [5.41, 5.74) is 0.291. The van der Waals surface area contributed by atoms with Crippen LogP contribution in [0.2, 0.25) is 0 Å². The van der Waals surface area contributed by atoms with Gasteiger partial charge < -0.3 is 4.52 Å². The summed E-state index contributed by atoms with van der Waals surface area (Å²) in [6, 6.07) is 4.21. The first kappa shape index (κ1) is 13.0. The highest BCUT2D eigenvalue weighted by Crippen LogP contribution is 2.23. The molecule has 0 fully saturated rings. The van der Waals surface area contributed by atoms with E-state index in [0.717, 1.165) is 5.69 Å². The number of anilines is 1. The molecule has 2 heterocycles. The van der Waals surface area contributed by atoms with Gasteiger partial charge in [0.2, 0.25) is 5.88 Å². The average Bonchev–Trinajstić information content (AvgIpc) is 2.78. The molecule has 0 saturated carbocycles. The second kappa shape index (κ2) is 4.68. The SMILES string of the molecule is CC(C)(C)c1cc(NC(=O)c2ccc(=O)[nH]n2)on1. The zero-order chi connectivity index (χ0) is 14.0. The van der Waals surface area contributed by atoms with Gasteiger partial charge in [0.1, 0.15) is 5.69 Å². The monoisotopic (exact) mass is 262 g/mol. The summed E-state index contributed by atoms with van der Waals surface area (Å²) in [6.45, 7) is 5.96. The molecule has 0 atom stereocenters. The van der Waals surface area contributed by atoms with Crippen LogP contribution in [0.4, 0.5) is 5.88 Å². The summed E-state index contributed by atoms with van der Waals surface area (Å²) in [7, 11) is 0. The number of H-pyrrole nitrogens is 1. The largest absolute Gasteiger partial charge is 0.338 e. The predicted molar refractivity (Wildman–Crippen MR) is 68.0 cm³/mol. The van der Waals surface area contributed by atoms with E-state index in [1.165, 1.54) is 12.1 Å². The zero-order valence-corrected chi connectivity index (χ0v) is 10.9. The van der Waals surface area contributed by atoms with Crippen LogP contribution in [-0.2, 0) is 5.41 Å². The number of amides is 1. The maximum Gasteiger partial charge on any atom is 0.278 e.